The maximum atomic E-state index is 13.1. The lowest BCUT2D eigenvalue weighted by Crippen LogP contribution is -2.52. The Labute approximate surface area is 171 Å². The molecule has 4 rings (SSSR count). The van der Waals surface area contributed by atoms with Crippen molar-refractivity contribution in [2.24, 2.45) is 0 Å². The summed E-state index contributed by atoms with van der Waals surface area (Å²) in [6.07, 6.45) is 1.83. The first-order valence-corrected chi connectivity index (χ1v) is 10.7. The van der Waals surface area contributed by atoms with Crippen LogP contribution >= 0.6 is 0 Å². The Kier molecular flexibility index (Phi) is 5.08. The number of benzene rings is 2. The molecule has 156 valence electrons. The van der Waals surface area contributed by atoms with Crippen LogP contribution in [0.3, 0.4) is 0 Å². The maximum absolute atomic E-state index is 13.1. The molecule has 0 saturated heterocycles. The summed E-state index contributed by atoms with van der Waals surface area (Å²) in [7, 11) is -4.02. The summed E-state index contributed by atoms with van der Waals surface area (Å²) >= 11 is 0. The van der Waals surface area contributed by atoms with Crippen molar-refractivity contribution in [2.45, 2.75) is 36.1 Å². The van der Waals surface area contributed by atoms with Gasteiger partial charge in [-0.1, -0.05) is 12.8 Å². The number of carboxylic acid groups (broad SMARTS) is 1. The molecule has 1 aliphatic rings. The molecular formula is C19H18FN5O4S. The molecule has 1 saturated carbocycles. The number of nitrogens with one attached hydrogen (secondary N) is 1. The van der Waals surface area contributed by atoms with Crippen molar-refractivity contribution >= 4 is 16.0 Å². The first kappa shape index (κ1) is 20.1. The fourth-order valence-corrected chi connectivity index (χ4v) is 4.87. The molecule has 0 aliphatic heterocycles. The van der Waals surface area contributed by atoms with Gasteiger partial charge in [0.2, 0.25) is 15.8 Å². The summed E-state index contributed by atoms with van der Waals surface area (Å²) in [5, 5.41) is 21.6. The number of carboxylic acids is 1. The van der Waals surface area contributed by atoms with E-state index >= 15 is 0 Å². The molecule has 1 aromatic heterocycles. The van der Waals surface area contributed by atoms with Gasteiger partial charge in [0.05, 0.1) is 10.6 Å². The second-order valence-corrected chi connectivity index (χ2v) is 8.79. The molecule has 0 atom stereocenters. The fraction of sp³-hybridized carbons (Fsp3) is 0.263. The third-order valence-corrected chi connectivity index (χ3v) is 6.64. The van der Waals surface area contributed by atoms with Crippen LogP contribution in [-0.4, -0.2) is 45.2 Å². The van der Waals surface area contributed by atoms with Crippen LogP contribution in [0, 0.1) is 5.82 Å². The Balaban J connectivity index is 1.56. The lowest BCUT2D eigenvalue weighted by molar-refractivity contribution is -0.143. The summed E-state index contributed by atoms with van der Waals surface area (Å²) in [5.74, 6) is -1.29. The molecule has 0 unspecified atom stereocenters. The number of sulfonamides is 1. The quantitative estimate of drug-likeness (QED) is 0.612. The van der Waals surface area contributed by atoms with E-state index < -0.39 is 21.5 Å². The Morgan fingerprint density at radius 1 is 1.07 bits per heavy atom. The lowest BCUT2D eigenvalue weighted by atomic mass is 10.0. The number of hydrogen-bond donors (Lipinski definition) is 2. The van der Waals surface area contributed by atoms with E-state index in [1.165, 1.54) is 53.3 Å². The van der Waals surface area contributed by atoms with Crippen LogP contribution in [0.15, 0.2) is 53.4 Å². The maximum Gasteiger partial charge on any atom is 0.324 e. The van der Waals surface area contributed by atoms with Crippen molar-refractivity contribution in [3.8, 4) is 17.1 Å². The first-order valence-electron chi connectivity index (χ1n) is 9.23. The average molecular weight is 431 g/mol. The second kappa shape index (κ2) is 7.58. The molecule has 1 fully saturated rings. The number of tetrazole rings is 1. The van der Waals surface area contributed by atoms with Gasteiger partial charge in [-0.2, -0.15) is 4.72 Å². The van der Waals surface area contributed by atoms with Gasteiger partial charge in [0.25, 0.3) is 0 Å². The molecule has 30 heavy (non-hydrogen) atoms. The highest BCUT2D eigenvalue weighted by Crippen LogP contribution is 2.32. The van der Waals surface area contributed by atoms with Crippen LogP contribution in [-0.2, 0) is 14.8 Å². The molecule has 0 spiro atoms. The third kappa shape index (κ3) is 3.81. The van der Waals surface area contributed by atoms with Crippen LogP contribution < -0.4 is 4.72 Å². The molecular weight excluding hydrogens is 413 g/mol. The third-order valence-electron chi connectivity index (χ3n) is 5.09. The highest BCUT2D eigenvalue weighted by molar-refractivity contribution is 7.89. The van der Waals surface area contributed by atoms with E-state index in [9.17, 15) is 22.7 Å². The summed E-state index contributed by atoms with van der Waals surface area (Å²) in [4.78, 5) is 12.8. The normalized spacial score (nSPS) is 15.9. The predicted molar refractivity (Wildman–Crippen MR) is 104 cm³/mol. The molecule has 0 amide bonds. The van der Waals surface area contributed by atoms with Gasteiger partial charge >= 0.3 is 5.97 Å². The van der Waals surface area contributed by atoms with E-state index in [2.05, 4.69) is 20.1 Å². The Bertz CT molecular complexity index is 1170. The topological polar surface area (TPSA) is 127 Å². The van der Waals surface area contributed by atoms with Crippen LogP contribution in [0.5, 0.6) is 0 Å². The van der Waals surface area contributed by atoms with Gasteiger partial charge in [-0.3, -0.25) is 4.79 Å². The Hall–Kier alpha value is -3.18. The van der Waals surface area contributed by atoms with Crippen LogP contribution in [0.2, 0.25) is 0 Å². The van der Waals surface area contributed by atoms with Gasteiger partial charge in [0.15, 0.2) is 0 Å². The molecule has 0 bridgehead atoms. The molecule has 11 heteroatoms. The minimum atomic E-state index is -4.02. The summed E-state index contributed by atoms with van der Waals surface area (Å²) in [6, 6.07) is 11.3. The fourth-order valence-electron chi connectivity index (χ4n) is 3.45. The van der Waals surface area contributed by atoms with Gasteiger partial charge < -0.3 is 5.11 Å². The summed E-state index contributed by atoms with van der Waals surface area (Å²) in [6.45, 7) is 0. The minimum Gasteiger partial charge on any atom is -0.480 e. The zero-order chi connectivity index (χ0) is 21.4. The number of aromatic nitrogens is 4. The van der Waals surface area contributed by atoms with E-state index in [0.29, 0.717) is 24.1 Å². The van der Waals surface area contributed by atoms with Crippen molar-refractivity contribution in [2.75, 3.05) is 0 Å². The highest BCUT2D eigenvalue weighted by Gasteiger charge is 2.44. The SMILES string of the molecule is O=C(O)C1(NS(=O)(=O)c2ccc(-c3nnn(-c4ccc(F)cc4)n3)cc2)CCCC1. The smallest absolute Gasteiger partial charge is 0.324 e. The Morgan fingerprint density at radius 3 is 2.30 bits per heavy atom. The van der Waals surface area contributed by atoms with Gasteiger partial charge in [-0.05, 0) is 66.6 Å². The van der Waals surface area contributed by atoms with Crippen LogP contribution in [0.4, 0.5) is 4.39 Å². The van der Waals surface area contributed by atoms with Crippen molar-refractivity contribution in [1.82, 2.24) is 24.9 Å². The number of hydrogen-bond acceptors (Lipinski definition) is 6. The molecule has 9 nitrogen and oxygen atoms in total. The summed E-state index contributed by atoms with van der Waals surface area (Å²) in [5.41, 5.74) is -0.415. The molecule has 0 radical (unpaired) electrons. The van der Waals surface area contributed by atoms with Crippen LogP contribution in [0.25, 0.3) is 17.1 Å². The minimum absolute atomic E-state index is 0.0512. The lowest BCUT2D eigenvalue weighted by Gasteiger charge is -2.25. The summed E-state index contributed by atoms with van der Waals surface area (Å²) < 4.78 is 40.8. The van der Waals surface area contributed by atoms with Gasteiger partial charge in [0, 0.05) is 5.56 Å². The highest BCUT2D eigenvalue weighted by atomic mass is 32.2. The van der Waals surface area contributed by atoms with E-state index in [1.54, 1.807) is 0 Å². The first-order chi connectivity index (χ1) is 14.3. The molecule has 1 heterocycles. The van der Waals surface area contributed by atoms with Gasteiger partial charge in [0.1, 0.15) is 11.4 Å². The van der Waals surface area contributed by atoms with E-state index in [0.717, 1.165) is 0 Å². The van der Waals surface area contributed by atoms with Gasteiger partial charge in [-0.25, -0.2) is 12.8 Å². The Morgan fingerprint density at radius 2 is 1.70 bits per heavy atom. The van der Waals surface area contributed by atoms with E-state index in [-0.39, 0.29) is 29.4 Å². The largest absolute Gasteiger partial charge is 0.480 e. The average Bonchev–Trinajstić information content (AvgIpc) is 3.39. The second-order valence-electron chi connectivity index (χ2n) is 7.10. The number of nitrogens with zero attached hydrogens (tertiary/aromatic N) is 4. The molecule has 2 N–H and O–H groups in total. The van der Waals surface area contributed by atoms with Crippen molar-refractivity contribution in [3.05, 3.63) is 54.3 Å². The van der Waals surface area contributed by atoms with Gasteiger partial charge in [-0.15, -0.1) is 15.0 Å². The number of rotatable bonds is 6. The zero-order valence-corrected chi connectivity index (χ0v) is 16.5. The van der Waals surface area contributed by atoms with Crippen molar-refractivity contribution in [3.63, 3.8) is 0 Å². The number of halogens is 1. The van der Waals surface area contributed by atoms with Crippen LogP contribution in [0.1, 0.15) is 25.7 Å². The standard InChI is InChI=1S/C19H18FN5O4S/c20-14-5-7-15(8-6-14)25-22-17(21-24-25)13-3-9-16(10-4-13)30(28,29)23-19(18(26)27)11-1-2-12-19/h3-10,23H,1-2,11-12H2,(H,26,27). The number of aliphatic carboxylic acids is 1. The molecule has 3 aromatic rings. The predicted octanol–water partition coefficient (Wildman–Crippen LogP) is 2.14. The molecule has 2 aromatic carbocycles. The zero-order valence-electron chi connectivity index (χ0n) is 15.7. The number of carbonyl (C=O) groups is 1. The monoisotopic (exact) mass is 431 g/mol. The molecule has 1 aliphatic carbocycles. The van der Waals surface area contributed by atoms with Crippen molar-refractivity contribution in [1.29, 1.82) is 0 Å². The van der Waals surface area contributed by atoms with E-state index in [1.807, 2.05) is 0 Å². The van der Waals surface area contributed by atoms with Crippen molar-refractivity contribution < 1.29 is 22.7 Å². The van der Waals surface area contributed by atoms with E-state index in [4.69, 9.17) is 0 Å².